The Morgan fingerprint density at radius 3 is 2.75 bits per heavy atom. The van der Waals surface area contributed by atoms with Gasteiger partial charge in [0.25, 0.3) is 0 Å². The van der Waals surface area contributed by atoms with Gasteiger partial charge in [-0.1, -0.05) is 43.6 Å². The molecule has 0 spiro atoms. The molecule has 0 radical (unpaired) electrons. The molecule has 2 aromatic rings. The van der Waals surface area contributed by atoms with E-state index >= 15 is 0 Å². The van der Waals surface area contributed by atoms with Gasteiger partial charge in [-0.2, -0.15) is 4.68 Å². The van der Waals surface area contributed by atoms with Crippen molar-refractivity contribution in [3.8, 4) is 5.69 Å². The van der Waals surface area contributed by atoms with Gasteiger partial charge < -0.3 is 5.32 Å². The fourth-order valence-corrected chi connectivity index (χ4v) is 3.21. The van der Waals surface area contributed by atoms with Crippen LogP contribution in [0.25, 0.3) is 5.69 Å². The lowest BCUT2D eigenvalue weighted by Gasteiger charge is -2.21. The summed E-state index contributed by atoms with van der Waals surface area (Å²) in [5.74, 6) is 2.22. The van der Waals surface area contributed by atoms with Crippen LogP contribution in [0.3, 0.4) is 0 Å². The zero-order valence-corrected chi connectivity index (χ0v) is 12.0. The van der Waals surface area contributed by atoms with Crippen molar-refractivity contribution in [3.63, 3.8) is 0 Å². The monoisotopic (exact) mass is 271 g/mol. The Hall–Kier alpha value is -1.91. The number of hydrogen-bond donors (Lipinski definition) is 1. The summed E-state index contributed by atoms with van der Waals surface area (Å²) >= 11 is 0. The van der Waals surface area contributed by atoms with E-state index in [1.165, 1.54) is 19.3 Å². The Kier molecular flexibility index (Phi) is 3.67. The van der Waals surface area contributed by atoms with E-state index in [0.717, 1.165) is 17.6 Å². The van der Waals surface area contributed by atoms with Gasteiger partial charge in [0.15, 0.2) is 0 Å². The van der Waals surface area contributed by atoms with Gasteiger partial charge in [0.05, 0.1) is 5.69 Å². The topological polar surface area (TPSA) is 55.6 Å². The highest BCUT2D eigenvalue weighted by atomic mass is 15.6. The summed E-state index contributed by atoms with van der Waals surface area (Å²) in [5, 5.41) is 15.6. The Balaban J connectivity index is 1.78. The molecule has 3 unspecified atom stereocenters. The molecule has 1 aliphatic carbocycles. The lowest BCUT2D eigenvalue weighted by Crippen LogP contribution is -2.26. The predicted molar refractivity (Wildman–Crippen MR) is 78.7 cm³/mol. The van der Waals surface area contributed by atoms with Gasteiger partial charge in [0.2, 0.25) is 5.95 Å². The van der Waals surface area contributed by atoms with Gasteiger partial charge in [-0.15, -0.1) is 0 Å². The average molecular weight is 271 g/mol. The van der Waals surface area contributed by atoms with Gasteiger partial charge >= 0.3 is 0 Å². The number of tetrazole rings is 1. The SMILES string of the molecule is CCC1CCC(Nc2nnnn2-c2ccccc2)C1C. The number of rotatable bonds is 4. The maximum Gasteiger partial charge on any atom is 0.247 e. The molecule has 1 saturated carbocycles. The minimum atomic E-state index is 0.466. The van der Waals surface area contributed by atoms with Crippen LogP contribution in [0, 0.1) is 11.8 Å². The van der Waals surface area contributed by atoms with Gasteiger partial charge in [-0.3, -0.25) is 0 Å². The van der Waals surface area contributed by atoms with Crippen LogP contribution in [0.2, 0.25) is 0 Å². The van der Waals surface area contributed by atoms with E-state index in [2.05, 4.69) is 34.7 Å². The second-order valence-electron chi connectivity index (χ2n) is 5.61. The Bertz CT molecular complexity index is 550. The van der Waals surface area contributed by atoms with E-state index in [1.54, 1.807) is 4.68 Å². The Labute approximate surface area is 119 Å². The standard InChI is InChI=1S/C15H21N5/c1-3-12-9-10-14(11(12)2)16-15-17-18-19-20(15)13-7-5-4-6-8-13/h4-8,11-12,14H,3,9-10H2,1-2H3,(H,16,17,19). The summed E-state index contributed by atoms with van der Waals surface area (Å²) in [6.45, 7) is 4.60. The van der Waals surface area contributed by atoms with E-state index in [4.69, 9.17) is 0 Å². The van der Waals surface area contributed by atoms with Gasteiger partial charge in [-0.25, -0.2) is 0 Å². The highest BCUT2D eigenvalue weighted by Crippen LogP contribution is 2.35. The molecule has 0 bridgehead atoms. The summed E-state index contributed by atoms with van der Waals surface area (Å²) in [5.41, 5.74) is 0.984. The maximum absolute atomic E-state index is 4.13. The van der Waals surface area contributed by atoms with E-state index < -0.39 is 0 Å². The fourth-order valence-electron chi connectivity index (χ4n) is 3.21. The number of aromatic nitrogens is 4. The van der Waals surface area contributed by atoms with Crippen molar-refractivity contribution in [2.45, 2.75) is 39.2 Å². The summed E-state index contributed by atoms with van der Waals surface area (Å²) in [7, 11) is 0. The third kappa shape index (κ3) is 2.40. The van der Waals surface area contributed by atoms with Crippen molar-refractivity contribution < 1.29 is 0 Å². The largest absolute Gasteiger partial charge is 0.350 e. The molecule has 1 aliphatic rings. The van der Waals surface area contributed by atoms with Crippen molar-refractivity contribution >= 4 is 5.95 Å². The average Bonchev–Trinajstić information content (AvgIpc) is 3.08. The molecule has 106 valence electrons. The van der Waals surface area contributed by atoms with Crippen molar-refractivity contribution in [3.05, 3.63) is 30.3 Å². The van der Waals surface area contributed by atoms with Crippen LogP contribution in [-0.4, -0.2) is 26.2 Å². The normalized spacial score (nSPS) is 25.8. The molecule has 3 atom stereocenters. The first kappa shape index (κ1) is 13.1. The number of para-hydroxylation sites is 1. The van der Waals surface area contributed by atoms with Crippen LogP contribution in [0.1, 0.15) is 33.1 Å². The molecule has 1 aromatic carbocycles. The van der Waals surface area contributed by atoms with Crippen LogP contribution in [0.4, 0.5) is 5.95 Å². The fraction of sp³-hybridized carbons (Fsp3) is 0.533. The van der Waals surface area contributed by atoms with Crippen LogP contribution < -0.4 is 5.32 Å². The van der Waals surface area contributed by atoms with Crippen molar-refractivity contribution in [2.75, 3.05) is 5.32 Å². The minimum Gasteiger partial charge on any atom is -0.350 e. The molecule has 3 rings (SSSR count). The first-order valence-electron chi connectivity index (χ1n) is 7.40. The number of benzene rings is 1. The van der Waals surface area contributed by atoms with E-state index in [1.807, 2.05) is 30.3 Å². The summed E-state index contributed by atoms with van der Waals surface area (Å²) in [6, 6.07) is 10.5. The first-order valence-corrected chi connectivity index (χ1v) is 7.40. The Morgan fingerprint density at radius 1 is 1.25 bits per heavy atom. The molecule has 1 aromatic heterocycles. The van der Waals surface area contributed by atoms with Crippen molar-refractivity contribution in [1.29, 1.82) is 0 Å². The molecule has 5 nitrogen and oxygen atoms in total. The molecule has 0 amide bonds. The maximum atomic E-state index is 4.13. The molecule has 20 heavy (non-hydrogen) atoms. The van der Waals surface area contributed by atoms with E-state index in [-0.39, 0.29) is 0 Å². The lowest BCUT2D eigenvalue weighted by molar-refractivity contribution is 0.391. The van der Waals surface area contributed by atoms with Gasteiger partial charge in [0.1, 0.15) is 0 Å². The molecule has 0 aliphatic heterocycles. The molecule has 1 N–H and O–H groups in total. The van der Waals surface area contributed by atoms with Crippen LogP contribution in [0.5, 0.6) is 0 Å². The van der Waals surface area contributed by atoms with Crippen LogP contribution in [-0.2, 0) is 0 Å². The number of anilines is 1. The first-order chi connectivity index (χ1) is 9.79. The van der Waals surface area contributed by atoms with Gasteiger partial charge in [-0.05, 0) is 47.2 Å². The molecule has 1 heterocycles. The summed E-state index contributed by atoms with van der Waals surface area (Å²) in [6.07, 6.45) is 3.74. The molecular formula is C15H21N5. The molecule has 0 saturated heterocycles. The second kappa shape index (κ2) is 5.61. The molecule has 1 fully saturated rings. The van der Waals surface area contributed by atoms with Crippen LogP contribution in [0.15, 0.2) is 30.3 Å². The molecular weight excluding hydrogens is 250 g/mol. The minimum absolute atomic E-state index is 0.466. The summed E-state index contributed by atoms with van der Waals surface area (Å²) in [4.78, 5) is 0. The lowest BCUT2D eigenvalue weighted by atomic mass is 9.94. The van der Waals surface area contributed by atoms with Gasteiger partial charge in [0, 0.05) is 6.04 Å². The van der Waals surface area contributed by atoms with Crippen LogP contribution >= 0.6 is 0 Å². The van der Waals surface area contributed by atoms with E-state index in [0.29, 0.717) is 12.0 Å². The second-order valence-corrected chi connectivity index (χ2v) is 5.61. The summed E-state index contributed by atoms with van der Waals surface area (Å²) < 4.78 is 1.77. The third-order valence-electron chi connectivity index (χ3n) is 4.54. The van der Waals surface area contributed by atoms with Crippen molar-refractivity contribution in [2.24, 2.45) is 11.8 Å². The zero-order valence-electron chi connectivity index (χ0n) is 12.0. The predicted octanol–water partition coefficient (Wildman–Crippen LogP) is 2.90. The third-order valence-corrected chi connectivity index (χ3v) is 4.54. The number of nitrogens with zero attached hydrogens (tertiary/aromatic N) is 4. The Morgan fingerprint density at radius 2 is 2.05 bits per heavy atom. The van der Waals surface area contributed by atoms with Crippen molar-refractivity contribution in [1.82, 2.24) is 20.2 Å². The smallest absolute Gasteiger partial charge is 0.247 e. The van der Waals surface area contributed by atoms with E-state index in [9.17, 15) is 0 Å². The zero-order chi connectivity index (χ0) is 13.9. The highest BCUT2D eigenvalue weighted by Gasteiger charge is 2.32. The number of hydrogen-bond acceptors (Lipinski definition) is 4. The highest BCUT2D eigenvalue weighted by molar-refractivity contribution is 5.39. The molecule has 5 heteroatoms. The quantitative estimate of drug-likeness (QED) is 0.929. The number of nitrogens with one attached hydrogen (secondary N) is 1.